The fraction of sp³-hybridized carbons (Fsp3) is 0.300. The Balaban J connectivity index is 1.76. The minimum Gasteiger partial charge on any atom is -0.353 e. The van der Waals surface area contributed by atoms with E-state index in [0.29, 0.717) is 18.0 Å². The molecule has 5 heteroatoms. The zero-order chi connectivity index (χ0) is 18.2. The van der Waals surface area contributed by atoms with E-state index in [0.717, 1.165) is 5.56 Å². The number of nitrogens with two attached hydrogens (primary N) is 1. The summed E-state index contributed by atoms with van der Waals surface area (Å²) in [7, 11) is 0. The predicted octanol–water partition coefficient (Wildman–Crippen LogP) is 2.36. The van der Waals surface area contributed by atoms with Gasteiger partial charge in [-0.25, -0.2) is 0 Å². The number of hydrogen-bond donors (Lipinski definition) is 3. The number of benzene rings is 2. The van der Waals surface area contributed by atoms with Crippen LogP contribution in [0.2, 0.25) is 0 Å². The van der Waals surface area contributed by atoms with E-state index in [1.165, 1.54) is 5.56 Å². The van der Waals surface area contributed by atoms with Crippen LogP contribution in [0.15, 0.2) is 54.6 Å². The van der Waals surface area contributed by atoms with Crippen molar-refractivity contribution in [2.24, 2.45) is 5.73 Å². The first-order valence-corrected chi connectivity index (χ1v) is 8.42. The highest BCUT2D eigenvalue weighted by molar-refractivity contribution is 5.96. The fourth-order valence-corrected chi connectivity index (χ4v) is 2.38. The van der Waals surface area contributed by atoms with Crippen LogP contribution in [0.25, 0.3) is 0 Å². The van der Waals surface area contributed by atoms with Gasteiger partial charge in [0.2, 0.25) is 5.91 Å². The van der Waals surface area contributed by atoms with E-state index in [1.807, 2.05) is 18.2 Å². The quantitative estimate of drug-likeness (QED) is 0.724. The molecule has 4 N–H and O–H groups in total. The van der Waals surface area contributed by atoms with Gasteiger partial charge in [-0.3, -0.25) is 9.59 Å². The van der Waals surface area contributed by atoms with Crippen LogP contribution >= 0.6 is 0 Å². The van der Waals surface area contributed by atoms with Crippen molar-refractivity contribution in [2.45, 2.75) is 25.8 Å². The molecule has 0 aliphatic rings. The van der Waals surface area contributed by atoms with Gasteiger partial charge in [0.15, 0.2) is 0 Å². The van der Waals surface area contributed by atoms with Gasteiger partial charge in [0, 0.05) is 18.2 Å². The summed E-state index contributed by atoms with van der Waals surface area (Å²) in [6.45, 7) is 4.52. The molecule has 1 atom stereocenters. The van der Waals surface area contributed by atoms with Crippen molar-refractivity contribution < 1.29 is 9.59 Å². The van der Waals surface area contributed by atoms with E-state index < -0.39 is 0 Å². The van der Waals surface area contributed by atoms with Gasteiger partial charge in [-0.2, -0.15) is 0 Å². The third kappa shape index (κ3) is 5.72. The summed E-state index contributed by atoms with van der Waals surface area (Å²) >= 11 is 0. The van der Waals surface area contributed by atoms with Gasteiger partial charge < -0.3 is 16.4 Å². The molecule has 2 rings (SSSR count). The van der Waals surface area contributed by atoms with Crippen LogP contribution in [0.5, 0.6) is 0 Å². The third-order valence-corrected chi connectivity index (χ3v) is 4.00. The smallest absolute Gasteiger partial charge is 0.251 e. The molecule has 0 spiro atoms. The van der Waals surface area contributed by atoms with Gasteiger partial charge in [0.05, 0.1) is 6.54 Å². The molecule has 25 heavy (non-hydrogen) atoms. The van der Waals surface area contributed by atoms with Crippen molar-refractivity contribution in [1.29, 1.82) is 0 Å². The van der Waals surface area contributed by atoms with Gasteiger partial charge in [0.1, 0.15) is 0 Å². The summed E-state index contributed by atoms with van der Waals surface area (Å²) in [5.74, 6) is -0.0685. The molecule has 5 nitrogen and oxygen atoms in total. The summed E-state index contributed by atoms with van der Waals surface area (Å²) in [6, 6.07) is 16.6. The van der Waals surface area contributed by atoms with Crippen molar-refractivity contribution in [3.63, 3.8) is 0 Å². The lowest BCUT2D eigenvalue weighted by molar-refractivity contribution is -0.120. The average Bonchev–Trinajstić information content (AvgIpc) is 2.64. The Morgan fingerprint density at radius 3 is 2.12 bits per heavy atom. The number of rotatable bonds is 7. The molecular formula is C20H25N3O2. The number of carbonyl (C=O) groups is 2. The molecular weight excluding hydrogens is 314 g/mol. The number of amides is 2. The van der Waals surface area contributed by atoms with Gasteiger partial charge in [-0.15, -0.1) is 0 Å². The Morgan fingerprint density at radius 1 is 0.920 bits per heavy atom. The standard InChI is InChI=1S/C20H25N3O2/c1-14(2)15-8-10-16(11-9-15)18(21)12-22-19(24)13-23-20(25)17-6-4-3-5-7-17/h3-11,14,18H,12-13,21H2,1-2H3,(H,22,24)(H,23,25). The molecule has 0 bridgehead atoms. The highest BCUT2D eigenvalue weighted by Gasteiger charge is 2.10. The molecule has 2 aromatic carbocycles. The largest absolute Gasteiger partial charge is 0.353 e. The van der Waals surface area contributed by atoms with Crippen LogP contribution in [-0.2, 0) is 4.79 Å². The highest BCUT2D eigenvalue weighted by atomic mass is 16.2. The summed E-state index contributed by atoms with van der Waals surface area (Å²) in [5.41, 5.74) is 8.86. The number of hydrogen-bond acceptors (Lipinski definition) is 3. The van der Waals surface area contributed by atoms with E-state index in [2.05, 4.69) is 36.6 Å². The zero-order valence-corrected chi connectivity index (χ0v) is 14.7. The van der Waals surface area contributed by atoms with E-state index in [4.69, 9.17) is 5.73 Å². The van der Waals surface area contributed by atoms with Crippen LogP contribution < -0.4 is 16.4 Å². The lowest BCUT2D eigenvalue weighted by atomic mass is 9.99. The van der Waals surface area contributed by atoms with Crippen molar-refractivity contribution >= 4 is 11.8 Å². The van der Waals surface area contributed by atoms with Crippen LogP contribution in [0.1, 0.15) is 47.3 Å². The topological polar surface area (TPSA) is 84.2 Å². The van der Waals surface area contributed by atoms with Crippen molar-refractivity contribution in [2.75, 3.05) is 13.1 Å². The van der Waals surface area contributed by atoms with Crippen LogP contribution in [0, 0.1) is 0 Å². The second-order valence-electron chi connectivity index (χ2n) is 6.28. The first-order valence-electron chi connectivity index (χ1n) is 8.42. The Morgan fingerprint density at radius 2 is 1.52 bits per heavy atom. The van der Waals surface area contributed by atoms with Gasteiger partial charge in [-0.05, 0) is 29.2 Å². The van der Waals surface area contributed by atoms with Crippen molar-refractivity contribution in [3.8, 4) is 0 Å². The second kappa shape index (κ2) is 8.99. The number of carbonyl (C=O) groups excluding carboxylic acids is 2. The minimum absolute atomic E-state index is 0.0767. The maximum Gasteiger partial charge on any atom is 0.251 e. The first kappa shape index (κ1) is 18.7. The maximum atomic E-state index is 11.9. The average molecular weight is 339 g/mol. The van der Waals surface area contributed by atoms with Crippen LogP contribution in [0.4, 0.5) is 0 Å². The maximum absolute atomic E-state index is 11.9. The Labute approximate surface area is 148 Å². The molecule has 0 saturated carbocycles. The lowest BCUT2D eigenvalue weighted by Crippen LogP contribution is -2.39. The predicted molar refractivity (Wildman–Crippen MR) is 99.2 cm³/mol. The monoisotopic (exact) mass is 339 g/mol. The molecule has 0 aliphatic carbocycles. The van der Waals surface area contributed by atoms with E-state index in [1.54, 1.807) is 24.3 Å². The summed E-state index contributed by atoms with van der Waals surface area (Å²) in [5, 5.41) is 5.34. The highest BCUT2D eigenvalue weighted by Crippen LogP contribution is 2.17. The molecule has 0 heterocycles. The Kier molecular flexibility index (Phi) is 6.71. The SMILES string of the molecule is CC(C)c1ccc(C(N)CNC(=O)CNC(=O)c2ccccc2)cc1. The Bertz CT molecular complexity index is 697. The second-order valence-corrected chi connectivity index (χ2v) is 6.28. The molecule has 0 aliphatic heterocycles. The normalized spacial score (nSPS) is 11.8. The Hall–Kier alpha value is -2.66. The molecule has 0 aromatic heterocycles. The molecule has 0 saturated heterocycles. The molecule has 1 unspecified atom stereocenters. The third-order valence-electron chi connectivity index (χ3n) is 4.00. The van der Waals surface area contributed by atoms with E-state index in [-0.39, 0.29) is 24.4 Å². The van der Waals surface area contributed by atoms with Crippen LogP contribution in [0.3, 0.4) is 0 Å². The van der Waals surface area contributed by atoms with Gasteiger partial charge in [-0.1, -0.05) is 56.3 Å². The van der Waals surface area contributed by atoms with Gasteiger partial charge in [0.25, 0.3) is 5.91 Å². The number of nitrogens with one attached hydrogen (secondary N) is 2. The first-order chi connectivity index (χ1) is 12.0. The molecule has 0 radical (unpaired) electrons. The molecule has 2 aromatic rings. The van der Waals surface area contributed by atoms with Crippen LogP contribution in [-0.4, -0.2) is 24.9 Å². The fourth-order valence-electron chi connectivity index (χ4n) is 2.38. The minimum atomic E-state index is -0.282. The lowest BCUT2D eigenvalue weighted by Gasteiger charge is -2.15. The van der Waals surface area contributed by atoms with E-state index in [9.17, 15) is 9.59 Å². The summed E-state index contributed by atoms with van der Waals surface area (Å²) in [4.78, 5) is 23.8. The van der Waals surface area contributed by atoms with Crippen molar-refractivity contribution in [3.05, 3.63) is 71.3 Å². The van der Waals surface area contributed by atoms with E-state index >= 15 is 0 Å². The molecule has 2 amide bonds. The summed E-state index contributed by atoms with van der Waals surface area (Å²) < 4.78 is 0. The van der Waals surface area contributed by atoms with Gasteiger partial charge >= 0.3 is 0 Å². The molecule has 0 fully saturated rings. The summed E-state index contributed by atoms with van der Waals surface area (Å²) in [6.07, 6.45) is 0. The zero-order valence-electron chi connectivity index (χ0n) is 14.7. The molecule has 132 valence electrons. The van der Waals surface area contributed by atoms with Crippen molar-refractivity contribution in [1.82, 2.24) is 10.6 Å².